The number of nitrogens with one attached hydrogen (secondary N) is 2. The number of aromatic nitrogens is 2. The molecule has 2 N–H and O–H groups in total. The Morgan fingerprint density at radius 2 is 2.13 bits per heavy atom. The van der Waals surface area contributed by atoms with E-state index >= 15 is 0 Å². The van der Waals surface area contributed by atoms with Crippen molar-refractivity contribution in [2.75, 3.05) is 38.2 Å². The number of morpholine rings is 1. The third-order valence-electron chi connectivity index (χ3n) is 3.56. The minimum Gasteiger partial charge on any atom is -0.379 e. The first-order valence-electron chi connectivity index (χ1n) is 7.23. The summed E-state index contributed by atoms with van der Waals surface area (Å²) in [5, 5.41) is 9.13. The second-order valence-corrected chi connectivity index (χ2v) is 5.20. The molecule has 23 heavy (non-hydrogen) atoms. The molecule has 2 aromatic rings. The molecular formula is C15H16F2N4O2. The Morgan fingerprint density at radius 1 is 1.35 bits per heavy atom. The number of ether oxygens (including phenoxy) is 1. The number of nitrogens with zero attached hydrogens (tertiary/aromatic N) is 2. The SMILES string of the molecule is O=C(CN1CCOCC1)Nc1cc(-c2cccc(F)c2F)[nH]n1. The van der Waals surface area contributed by atoms with Crippen LogP contribution in [0.5, 0.6) is 0 Å². The average Bonchev–Trinajstić information content (AvgIpc) is 2.99. The topological polar surface area (TPSA) is 70.2 Å². The molecule has 0 atom stereocenters. The normalized spacial score (nSPS) is 15.6. The molecule has 1 aromatic heterocycles. The van der Waals surface area contributed by atoms with Gasteiger partial charge in [-0.3, -0.25) is 14.8 Å². The predicted octanol–water partition coefficient (Wildman–Crippen LogP) is 1.63. The molecule has 122 valence electrons. The lowest BCUT2D eigenvalue weighted by Crippen LogP contribution is -2.41. The van der Waals surface area contributed by atoms with Crippen LogP contribution < -0.4 is 5.32 Å². The quantitative estimate of drug-likeness (QED) is 0.897. The summed E-state index contributed by atoms with van der Waals surface area (Å²) in [4.78, 5) is 13.9. The average molecular weight is 322 g/mol. The predicted molar refractivity (Wildman–Crippen MR) is 79.8 cm³/mol. The molecular weight excluding hydrogens is 306 g/mol. The molecule has 1 fully saturated rings. The van der Waals surface area contributed by atoms with E-state index in [1.54, 1.807) is 0 Å². The highest BCUT2D eigenvalue weighted by Crippen LogP contribution is 2.24. The lowest BCUT2D eigenvalue weighted by Gasteiger charge is -2.25. The Morgan fingerprint density at radius 3 is 2.91 bits per heavy atom. The van der Waals surface area contributed by atoms with Gasteiger partial charge in [-0.2, -0.15) is 5.10 Å². The maximum absolute atomic E-state index is 13.7. The molecule has 3 rings (SSSR count). The first kappa shape index (κ1) is 15.6. The van der Waals surface area contributed by atoms with E-state index in [2.05, 4.69) is 15.5 Å². The van der Waals surface area contributed by atoms with E-state index in [0.29, 0.717) is 32.0 Å². The van der Waals surface area contributed by atoms with Gasteiger partial charge in [0.15, 0.2) is 17.5 Å². The molecule has 0 spiro atoms. The fraction of sp³-hybridized carbons (Fsp3) is 0.333. The van der Waals surface area contributed by atoms with Gasteiger partial charge in [0.25, 0.3) is 0 Å². The van der Waals surface area contributed by atoms with Crippen LogP contribution in [0.15, 0.2) is 24.3 Å². The molecule has 1 aromatic carbocycles. The number of rotatable bonds is 4. The van der Waals surface area contributed by atoms with Crippen LogP contribution in [0.1, 0.15) is 0 Å². The van der Waals surface area contributed by atoms with Crippen molar-refractivity contribution in [2.24, 2.45) is 0 Å². The van der Waals surface area contributed by atoms with E-state index in [-0.39, 0.29) is 23.8 Å². The Kier molecular flexibility index (Phi) is 4.63. The van der Waals surface area contributed by atoms with Gasteiger partial charge in [-0.05, 0) is 12.1 Å². The maximum atomic E-state index is 13.7. The van der Waals surface area contributed by atoms with Crippen LogP contribution >= 0.6 is 0 Å². The van der Waals surface area contributed by atoms with Crippen molar-refractivity contribution in [1.82, 2.24) is 15.1 Å². The Hall–Kier alpha value is -2.32. The van der Waals surface area contributed by atoms with E-state index in [4.69, 9.17) is 4.74 Å². The van der Waals surface area contributed by atoms with Crippen LogP contribution in [0.25, 0.3) is 11.3 Å². The second-order valence-electron chi connectivity index (χ2n) is 5.20. The fourth-order valence-electron chi connectivity index (χ4n) is 2.38. The van der Waals surface area contributed by atoms with Crippen molar-refractivity contribution >= 4 is 11.7 Å². The summed E-state index contributed by atoms with van der Waals surface area (Å²) in [6, 6.07) is 5.35. The first-order chi connectivity index (χ1) is 11.1. The van der Waals surface area contributed by atoms with Gasteiger partial charge in [0, 0.05) is 24.7 Å². The summed E-state index contributed by atoms with van der Waals surface area (Å²) in [5.74, 6) is -1.84. The number of H-pyrrole nitrogens is 1. The molecule has 0 radical (unpaired) electrons. The van der Waals surface area contributed by atoms with Crippen molar-refractivity contribution in [1.29, 1.82) is 0 Å². The van der Waals surface area contributed by atoms with Crippen molar-refractivity contribution in [3.05, 3.63) is 35.9 Å². The summed E-state index contributed by atoms with van der Waals surface area (Å²) in [5.41, 5.74) is 0.356. The molecule has 6 nitrogen and oxygen atoms in total. The van der Waals surface area contributed by atoms with E-state index < -0.39 is 11.6 Å². The minimum atomic E-state index is -0.956. The summed E-state index contributed by atoms with van der Waals surface area (Å²) in [6.45, 7) is 2.86. The standard InChI is InChI=1S/C15H16F2N4O2/c16-11-3-1-2-10(15(11)17)12-8-13(20-19-12)18-14(22)9-21-4-6-23-7-5-21/h1-3,8H,4-7,9H2,(H2,18,19,20,22). The van der Waals surface area contributed by atoms with E-state index in [1.165, 1.54) is 18.2 Å². The van der Waals surface area contributed by atoms with Crippen molar-refractivity contribution in [3.8, 4) is 11.3 Å². The molecule has 0 aliphatic carbocycles. The van der Waals surface area contributed by atoms with Crippen LogP contribution in [-0.2, 0) is 9.53 Å². The molecule has 0 saturated carbocycles. The largest absolute Gasteiger partial charge is 0.379 e. The summed E-state index contributed by atoms with van der Waals surface area (Å²) >= 11 is 0. The van der Waals surface area contributed by atoms with Crippen LogP contribution in [0.4, 0.5) is 14.6 Å². The second kappa shape index (κ2) is 6.84. The van der Waals surface area contributed by atoms with Gasteiger partial charge in [-0.15, -0.1) is 0 Å². The highest BCUT2D eigenvalue weighted by Gasteiger charge is 2.16. The van der Waals surface area contributed by atoms with Gasteiger partial charge in [-0.1, -0.05) is 6.07 Å². The summed E-state index contributed by atoms with van der Waals surface area (Å²) in [6.07, 6.45) is 0. The Balaban J connectivity index is 1.65. The summed E-state index contributed by atoms with van der Waals surface area (Å²) < 4.78 is 32.2. The van der Waals surface area contributed by atoms with Crippen LogP contribution in [0.2, 0.25) is 0 Å². The number of hydrogen-bond acceptors (Lipinski definition) is 4. The van der Waals surface area contributed by atoms with E-state index in [0.717, 1.165) is 6.07 Å². The third kappa shape index (κ3) is 3.72. The minimum absolute atomic E-state index is 0.0613. The summed E-state index contributed by atoms with van der Waals surface area (Å²) in [7, 11) is 0. The molecule has 8 heteroatoms. The van der Waals surface area contributed by atoms with Gasteiger partial charge in [0.1, 0.15) is 0 Å². The number of aromatic amines is 1. The van der Waals surface area contributed by atoms with Gasteiger partial charge in [0.2, 0.25) is 5.91 Å². The molecule has 0 unspecified atom stereocenters. The van der Waals surface area contributed by atoms with Gasteiger partial charge < -0.3 is 10.1 Å². The fourth-order valence-corrected chi connectivity index (χ4v) is 2.38. The van der Waals surface area contributed by atoms with Crippen LogP contribution in [0.3, 0.4) is 0 Å². The number of hydrogen-bond donors (Lipinski definition) is 2. The highest BCUT2D eigenvalue weighted by atomic mass is 19.2. The molecule has 1 saturated heterocycles. The number of benzene rings is 1. The van der Waals surface area contributed by atoms with Crippen molar-refractivity contribution in [2.45, 2.75) is 0 Å². The number of carbonyl (C=O) groups excluding carboxylic acids is 1. The maximum Gasteiger partial charge on any atom is 0.239 e. The van der Waals surface area contributed by atoms with Gasteiger partial charge >= 0.3 is 0 Å². The molecule has 1 aliphatic rings. The lowest BCUT2D eigenvalue weighted by molar-refractivity contribution is -0.118. The van der Waals surface area contributed by atoms with E-state index in [1.807, 2.05) is 4.90 Å². The smallest absolute Gasteiger partial charge is 0.239 e. The highest BCUT2D eigenvalue weighted by molar-refractivity contribution is 5.91. The zero-order valence-corrected chi connectivity index (χ0v) is 12.3. The van der Waals surface area contributed by atoms with Gasteiger partial charge in [-0.25, -0.2) is 8.78 Å². The molecule has 0 bridgehead atoms. The van der Waals surface area contributed by atoms with E-state index in [9.17, 15) is 13.6 Å². The Labute approximate surface area is 131 Å². The van der Waals surface area contributed by atoms with Gasteiger partial charge in [0.05, 0.1) is 25.5 Å². The zero-order valence-electron chi connectivity index (χ0n) is 12.3. The molecule has 1 aliphatic heterocycles. The number of halogens is 2. The number of amides is 1. The van der Waals surface area contributed by atoms with Crippen molar-refractivity contribution < 1.29 is 18.3 Å². The Bertz CT molecular complexity index is 699. The molecule has 1 amide bonds. The monoisotopic (exact) mass is 322 g/mol. The molecule has 2 heterocycles. The third-order valence-corrected chi connectivity index (χ3v) is 3.56. The van der Waals surface area contributed by atoms with Crippen LogP contribution in [-0.4, -0.2) is 53.9 Å². The van der Waals surface area contributed by atoms with Crippen molar-refractivity contribution in [3.63, 3.8) is 0 Å². The number of carbonyl (C=O) groups is 1. The zero-order chi connectivity index (χ0) is 16.2. The lowest BCUT2D eigenvalue weighted by atomic mass is 10.1. The number of anilines is 1. The first-order valence-corrected chi connectivity index (χ1v) is 7.23. The van der Waals surface area contributed by atoms with Crippen LogP contribution in [0, 0.1) is 11.6 Å².